The molecule has 1 fully saturated rings. The second-order valence-corrected chi connectivity index (χ2v) is 15.7. The molecule has 0 radical (unpaired) electrons. The van der Waals surface area contributed by atoms with Crippen molar-refractivity contribution in [1.29, 1.82) is 0 Å². The van der Waals surface area contributed by atoms with Crippen LogP contribution in [-0.2, 0) is 32.0 Å². The molecule has 0 spiro atoms. The van der Waals surface area contributed by atoms with Gasteiger partial charge in [0.05, 0.1) is 24.1 Å². The lowest BCUT2D eigenvalue weighted by atomic mass is 9.93. The van der Waals surface area contributed by atoms with E-state index in [2.05, 4.69) is 48.2 Å². The van der Waals surface area contributed by atoms with Gasteiger partial charge >= 0.3 is 5.97 Å². The zero-order valence-corrected chi connectivity index (χ0v) is 33.1. The second-order valence-electron chi connectivity index (χ2n) is 14.7. The number of nitrogens with one attached hydrogen (secondary N) is 2. The van der Waals surface area contributed by atoms with Crippen molar-refractivity contribution < 1.29 is 23.9 Å². The van der Waals surface area contributed by atoms with E-state index < -0.39 is 6.04 Å². The van der Waals surface area contributed by atoms with Gasteiger partial charge in [-0.05, 0) is 69.0 Å². The third-order valence-electron chi connectivity index (χ3n) is 10.4. The molecule has 284 valence electrons. The molecular formula is C40H63N5O5S. The highest BCUT2D eigenvalue weighted by Gasteiger charge is 2.36. The molecule has 2 heterocycles. The summed E-state index contributed by atoms with van der Waals surface area (Å²) >= 11 is 1.44. The molecule has 1 aromatic heterocycles. The van der Waals surface area contributed by atoms with Crippen molar-refractivity contribution in [2.45, 2.75) is 130 Å². The van der Waals surface area contributed by atoms with Gasteiger partial charge in [0, 0.05) is 30.9 Å². The molecule has 1 aliphatic heterocycles. The maximum Gasteiger partial charge on any atom is 0.308 e. The smallest absolute Gasteiger partial charge is 0.308 e. The Morgan fingerprint density at radius 3 is 2.43 bits per heavy atom. The predicted molar refractivity (Wildman–Crippen MR) is 205 cm³/mol. The van der Waals surface area contributed by atoms with E-state index in [4.69, 9.17) is 4.74 Å². The van der Waals surface area contributed by atoms with Crippen LogP contribution in [0.2, 0.25) is 0 Å². The molecule has 1 saturated heterocycles. The number of unbranched alkanes of at least 4 members (excludes halogenated alkanes) is 1. The highest BCUT2D eigenvalue weighted by molar-refractivity contribution is 7.09. The number of benzene rings is 1. The molecule has 51 heavy (non-hydrogen) atoms. The summed E-state index contributed by atoms with van der Waals surface area (Å²) in [6.45, 7) is 14.1. The molecule has 1 aliphatic rings. The van der Waals surface area contributed by atoms with Crippen LogP contribution in [0.1, 0.15) is 114 Å². The number of ether oxygens (including phenoxy) is 1. The van der Waals surface area contributed by atoms with Gasteiger partial charge in [0.1, 0.15) is 11.7 Å². The molecule has 3 rings (SSSR count). The first-order valence-corrected chi connectivity index (χ1v) is 20.0. The number of thiazole rings is 1. The molecule has 0 bridgehead atoms. The van der Waals surface area contributed by atoms with E-state index in [0.717, 1.165) is 62.2 Å². The van der Waals surface area contributed by atoms with Crippen LogP contribution in [0.4, 0.5) is 0 Å². The zero-order valence-electron chi connectivity index (χ0n) is 32.3. The van der Waals surface area contributed by atoms with Gasteiger partial charge in [0.2, 0.25) is 11.8 Å². The lowest BCUT2D eigenvalue weighted by Crippen LogP contribution is -2.58. The summed E-state index contributed by atoms with van der Waals surface area (Å²) in [5.41, 5.74) is 1.41. The van der Waals surface area contributed by atoms with Gasteiger partial charge in [-0.25, -0.2) is 4.98 Å². The van der Waals surface area contributed by atoms with E-state index >= 15 is 0 Å². The number of aryl methyl sites for hydroxylation is 1. The normalized spacial score (nSPS) is 17.9. The first kappa shape index (κ1) is 42.1. The van der Waals surface area contributed by atoms with Crippen LogP contribution in [0.5, 0.6) is 0 Å². The Morgan fingerprint density at radius 2 is 1.78 bits per heavy atom. The first-order valence-electron chi connectivity index (χ1n) is 19.1. The quantitative estimate of drug-likeness (QED) is 0.154. The Morgan fingerprint density at radius 1 is 1.06 bits per heavy atom. The number of hydrogen-bond donors (Lipinski definition) is 2. The van der Waals surface area contributed by atoms with Crippen molar-refractivity contribution >= 4 is 35.0 Å². The van der Waals surface area contributed by atoms with Crippen LogP contribution >= 0.6 is 11.3 Å². The lowest BCUT2D eigenvalue weighted by molar-refractivity contribution is -0.145. The van der Waals surface area contributed by atoms with Crippen molar-refractivity contribution in [3.8, 4) is 0 Å². The summed E-state index contributed by atoms with van der Waals surface area (Å²) in [5.74, 6) is -0.877. The average Bonchev–Trinajstić information content (AvgIpc) is 3.61. The van der Waals surface area contributed by atoms with Crippen molar-refractivity contribution in [3.05, 3.63) is 52.0 Å². The number of carbonyl (C=O) groups excluding carboxylic acids is 4. The highest BCUT2D eigenvalue weighted by Crippen LogP contribution is 2.23. The lowest BCUT2D eigenvalue weighted by Gasteiger charge is -2.38. The number of hydrogen-bond acceptors (Lipinski definition) is 8. The minimum atomic E-state index is -0.593. The Balaban J connectivity index is 1.67. The Kier molecular flexibility index (Phi) is 17.6. The summed E-state index contributed by atoms with van der Waals surface area (Å²) in [6, 6.07) is 8.75. The van der Waals surface area contributed by atoms with Crippen molar-refractivity contribution in [2.75, 3.05) is 27.2 Å². The Hall–Kier alpha value is -3.31. The summed E-state index contributed by atoms with van der Waals surface area (Å²) in [6.07, 6.45) is 8.20. The molecule has 0 saturated carbocycles. The monoisotopic (exact) mass is 725 g/mol. The summed E-state index contributed by atoms with van der Waals surface area (Å²) < 4.78 is 4.93. The van der Waals surface area contributed by atoms with E-state index in [1.54, 1.807) is 5.38 Å². The van der Waals surface area contributed by atoms with Gasteiger partial charge in [0.25, 0.3) is 5.91 Å². The van der Waals surface area contributed by atoms with Crippen molar-refractivity contribution in [3.63, 3.8) is 0 Å². The van der Waals surface area contributed by atoms with Crippen molar-refractivity contribution in [1.82, 2.24) is 25.4 Å². The molecule has 10 nitrogen and oxygen atoms in total. The molecule has 6 atom stereocenters. The van der Waals surface area contributed by atoms with Crippen LogP contribution in [0.25, 0.3) is 0 Å². The molecule has 11 heteroatoms. The van der Waals surface area contributed by atoms with Crippen LogP contribution in [0.3, 0.4) is 0 Å². The average molecular weight is 726 g/mol. The molecule has 5 unspecified atom stereocenters. The number of rotatable bonds is 20. The fourth-order valence-corrected chi connectivity index (χ4v) is 7.88. The third kappa shape index (κ3) is 12.7. The minimum absolute atomic E-state index is 0.00856. The molecule has 1 aromatic carbocycles. The van der Waals surface area contributed by atoms with E-state index in [-0.39, 0.29) is 59.6 Å². The predicted octanol–water partition coefficient (Wildman–Crippen LogP) is 6.28. The molecule has 3 amide bonds. The van der Waals surface area contributed by atoms with Gasteiger partial charge < -0.3 is 20.3 Å². The summed E-state index contributed by atoms with van der Waals surface area (Å²) in [5, 5.41) is 8.92. The van der Waals surface area contributed by atoms with Crippen LogP contribution in [0, 0.1) is 17.8 Å². The van der Waals surface area contributed by atoms with Gasteiger partial charge in [-0.2, -0.15) is 0 Å². The largest absolute Gasteiger partial charge is 0.469 e. The number of aromatic nitrogens is 1. The van der Waals surface area contributed by atoms with Gasteiger partial charge in [-0.1, -0.05) is 91.1 Å². The van der Waals surface area contributed by atoms with E-state index in [0.29, 0.717) is 31.4 Å². The molecule has 2 N–H and O–H groups in total. The Bertz CT molecular complexity index is 1380. The van der Waals surface area contributed by atoms with Gasteiger partial charge in [-0.15, -0.1) is 11.3 Å². The minimum Gasteiger partial charge on any atom is -0.469 e. The number of carbonyl (C=O) groups is 4. The van der Waals surface area contributed by atoms with Crippen LogP contribution in [-0.4, -0.2) is 89.9 Å². The number of esters is 1. The fourth-order valence-electron chi connectivity index (χ4n) is 7.08. The number of nitrogens with zero attached hydrogens (tertiary/aromatic N) is 3. The third-order valence-corrected chi connectivity index (χ3v) is 11.4. The van der Waals surface area contributed by atoms with Crippen molar-refractivity contribution in [2.24, 2.45) is 17.8 Å². The highest BCUT2D eigenvalue weighted by atomic mass is 32.1. The summed E-state index contributed by atoms with van der Waals surface area (Å²) in [4.78, 5) is 62.2. The van der Waals surface area contributed by atoms with Crippen LogP contribution < -0.4 is 10.6 Å². The maximum absolute atomic E-state index is 14.1. The van der Waals surface area contributed by atoms with Gasteiger partial charge in [-0.3, -0.25) is 24.1 Å². The topological polar surface area (TPSA) is 121 Å². The number of likely N-dealkylation sites (tertiary alicyclic amines) is 1. The van der Waals surface area contributed by atoms with E-state index in [1.165, 1.54) is 18.4 Å². The number of methoxy groups -OCH3 is 1. The molecular weight excluding hydrogens is 663 g/mol. The van der Waals surface area contributed by atoms with Crippen LogP contribution in [0.15, 0.2) is 35.7 Å². The molecule has 2 aromatic rings. The number of amides is 3. The SMILES string of the molecule is CCCCN1CCCC[C@@H]1C(=O)NC(C(=O)N(C)C(CCc1nc(C(=O)NC(Cc2ccccc2)CC(C)C(=O)OC)cs1)C(C)C)C(C)CC. The first-order chi connectivity index (χ1) is 24.4. The second kappa shape index (κ2) is 21.3. The fraction of sp³-hybridized carbons (Fsp3) is 0.675. The van der Waals surface area contributed by atoms with Gasteiger partial charge in [0.15, 0.2) is 0 Å². The standard InChI is InChI=1S/C40H63N5O5S/c1-9-11-22-45-23-16-15-19-34(45)38(47)43-36(28(5)10-2)39(48)44(7)33(27(3)4)20-21-35-42-32(26-51-35)37(46)41-31(24-29(6)40(49)50-8)25-30-17-13-12-14-18-30/h12-14,17-18,26-29,31,33-34,36H,9-11,15-16,19-25H2,1-8H3,(H,41,46)(H,43,47)/t28?,29?,31?,33?,34-,36?/m1/s1. The van der Waals surface area contributed by atoms with E-state index in [1.807, 2.05) is 56.1 Å². The summed E-state index contributed by atoms with van der Waals surface area (Å²) in [7, 11) is 3.23. The zero-order chi connectivity index (χ0) is 37.5. The number of likely N-dealkylation sites (N-methyl/N-ethyl adjacent to an activating group) is 1. The van der Waals surface area contributed by atoms with E-state index in [9.17, 15) is 19.2 Å². The number of piperidine rings is 1. The molecule has 0 aliphatic carbocycles. The Labute approximate surface area is 310 Å². The maximum atomic E-state index is 14.1.